The molecule has 0 aliphatic heterocycles. The van der Waals surface area contributed by atoms with Gasteiger partial charge in [0.05, 0.1) is 23.4 Å². The molecule has 0 aromatic heterocycles. The van der Waals surface area contributed by atoms with Crippen LogP contribution in [0.15, 0.2) is 0 Å². The van der Waals surface area contributed by atoms with Crippen LogP contribution in [0.3, 0.4) is 0 Å². The van der Waals surface area contributed by atoms with Crippen LogP contribution in [0.4, 0.5) is 4.79 Å². The van der Waals surface area contributed by atoms with Crippen LogP contribution in [0.5, 0.6) is 0 Å². The van der Waals surface area contributed by atoms with Gasteiger partial charge in [-0.05, 0) is 132 Å². The molecule has 0 bridgehead atoms. The minimum atomic E-state index is -0.598. The van der Waals surface area contributed by atoms with E-state index in [9.17, 15) is 4.79 Å². The third-order valence-electron chi connectivity index (χ3n) is 6.88. The molecule has 0 amide bonds. The van der Waals surface area contributed by atoms with Crippen molar-refractivity contribution in [3.8, 4) is 0 Å². The summed E-state index contributed by atoms with van der Waals surface area (Å²) in [5.74, 6) is 0.515. The summed E-state index contributed by atoms with van der Waals surface area (Å²) >= 11 is 0. The average Bonchev–Trinajstić information content (AvgIpc) is 2.69. The highest BCUT2D eigenvalue weighted by Gasteiger charge is 2.41. The SMILES string of the molecule is CC(C)(C)OOC1CCC(C(C)(C)OC(=O)OC(C)(C)C2CCC(OOC(C)(C)C)CC2)CC1. The monoisotopic (exact) mass is 486 g/mol. The molecule has 0 saturated heterocycles. The largest absolute Gasteiger partial charge is 0.509 e. The summed E-state index contributed by atoms with van der Waals surface area (Å²) in [5, 5.41) is 0. The van der Waals surface area contributed by atoms with Crippen molar-refractivity contribution in [1.29, 1.82) is 0 Å². The molecule has 0 aromatic rings. The Kier molecular flexibility index (Phi) is 9.88. The Morgan fingerprint density at radius 2 is 0.824 bits per heavy atom. The smallest absolute Gasteiger partial charge is 0.428 e. The predicted octanol–water partition coefficient (Wildman–Crippen LogP) is 7.31. The summed E-state index contributed by atoms with van der Waals surface area (Å²) in [6, 6.07) is 0. The van der Waals surface area contributed by atoms with Crippen LogP contribution in [0, 0.1) is 11.8 Å². The molecule has 2 aliphatic rings. The van der Waals surface area contributed by atoms with Gasteiger partial charge in [0.15, 0.2) is 0 Å². The van der Waals surface area contributed by atoms with E-state index in [-0.39, 0.29) is 35.2 Å². The van der Waals surface area contributed by atoms with Gasteiger partial charge in [-0.2, -0.15) is 0 Å². The molecule has 0 spiro atoms. The van der Waals surface area contributed by atoms with E-state index >= 15 is 0 Å². The highest BCUT2D eigenvalue weighted by molar-refractivity contribution is 5.61. The van der Waals surface area contributed by atoms with E-state index in [4.69, 9.17) is 29.0 Å². The van der Waals surface area contributed by atoms with Gasteiger partial charge in [0.1, 0.15) is 11.2 Å². The first-order valence-electron chi connectivity index (χ1n) is 13.1. The molecule has 0 atom stereocenters. The van der Waals surface area contributed by atoms with E-state index in [1.165, 1.54) is 0 Å². The first-order valence-corrected chi connectivity index (χ1v) is 13.1. The Hall–Kier alpha value is -0.890. The quantitative estimate of drug-likeness (QED) is 0.202. The molecule has 7 heteroatoms. The van der Waals surface area contributed by atoms with Crippen molar-refractivity contribution in [2.45, 2.75) is 155 Å². The highest BCUT2D eigenvalue weighted by Crippen LogP contribution is 2.39. The molecule has 0 radical (unpaired) electrons. The fraction of sp³-hybridized carbons (Fsp3) is 0.963. The lowest BCUT2D eigenvalue weighted by atomic mass is 9.77. The molecule has 0 N–H and O–H groups in total. The van der Waals surface area contributed by atoms with E-state index in [1.807, 2.05) is 69.2 Å². The van der Waals surface area contributed by atoms with E-state index in [2.05, 4.69) is 0 Å². The minimum Gasteiger partial charge on any atom is -0.428 e. The zero-order chi connectivity index (χ0) is 25.8. The number of ether oxygens (including phenoxy) is 2. The maximum Gasteiger partial charge on any atom is 0.509 e. The Bertz CT molecular complexity index is 574. The Morgan fingerprint density at radius 1 is 0.529 bits per heavy atom. The highest BCUT2D eigenvalue weighted by atomic mass is 17.2. The van der Waals surface area contributed by atoms with Crippen LogP contribution in [-0.2, 0) is 29.0 Å². The second-order valence-corrected chi connectivity index (χ2v) is 13.2. The van der Waals surface area contributed by atoms with Crippen molar-refractivity contribution < 1.29 is 33.8 Å². The normalized spacial score (nSPS) is 27.4. The molecule has 2 saturated carbocycles. The third kappa shape index (κ3) is 10.00. The zero-order valence-corrected chi connectivity index (χ0v) is 23.3. The van der Waals surface area contributed by atoms with Gasteiger partial charge in [-0.3, -0.25) is 0 Å². The molecule has 34 heavy (non-hydrogen) atoms. The van der Waals surface area contributed by atoms with Gasteiger partial charge in [-0.1, -0.05) is 0 Å². The fourth-order valence-corrected chi connectivity index (χ4v) is 4.75. The molecule has 2 aliphatic carbocycles. The molecule has 0 unspecified atom stereocenters. The van der Waals surface area contributed by atoms with Crippen LogP contribution in [-0.4, -0.2) is 40.8 Å². The first-order chi connectivity index (χ1) is 15.5. The van der Waals surface area contributed by atoms with Gasteiger partial charge < -0.3 is 9.47 Å². The fourth-order valence-electron chi connectivity index (χ4n) is 4.75. The Morgan fingerprint density at radius 3 is 1.09 bits per heavy atom. The summed E-state index contributed by atoms with van der Waals surface area (Å²) in [6.07, 6.45) is 6.82. The van der Waals surface area contributed by atoms with Crippen molar-refractivity contribution in [3.05, 3.63) is 0 Å². The lowest BCUT2D eigenvalue weighted by Crippen LogP contribution is -2.44. The van der Waals surface area contributed by atoms with E-state index in [0.29, 0.717) is 0 Å². The average molecular weight is 487 g/mol. The summed E-state index contributed by atoms with van der Waals surface area (Å²) < 4.78 is 11.7. The van der Waals surface area contributed by atoms with E-state index in [1.54, 1.807) is 0 Å². The molecular weight excluding hydrogens is 436 g/mol. The van der Waals surface area contributed by atoms with Crippen molar-refractivity contribution in [2.75, 3.05) is 0 Å². The van der Waals surface area contributed by atoms with Crippen molar-refractivity contribution in [2.24, 2.45) is 11.8 Å². The molecular formula is C27H50O7. The van der Waals surface area contributed by atoms with Crippen molar-refractivity contribution in [1.82, 2.24) is 0 Å². The van der Waals surface area contributed by atoms with Gasteiger partial charge >= 0.3 is 6.16 Å². The van der Waals surface area contributed by atoms with Crippen LogP contribution in [0.1, 0.15) is 121 Å². The number of carbonyl (C=O) groups is 1. The summed E-state index contributed by atoms with van der Waals surface area (Å²) in [5.41, 5.74) is -1.83. The van der Waals surface area contributed by atoms with E-state index < -0.39 is 17.4 Å². The lowest BCUT2D eigenvalue weighted by Gasteiger charge is -2.41. The Labute approximate surface area is 207 Å². The van der Waals surface area contributed by atoms with Gasteiger partial charge in [-0.25, -0.2) is 24.3 Å². The Balaban J connectivity index is 1.77. The van der Waals surface area contributed by atoms with Crippen LogP contribution < -0.4 is 0 Å². The van der Waals surface area contributed by atoms with Crippen molar-refractivity contribution in [3.63, 3.8) is 0 Å². The lowest BCUT2D eigenvalue weighted by molar-refractivity contribution is -0.377. The standard InChI is InChI=1S/C27H50O7/c1-24(2,3)33-31-21-15-11-19(12-16-21)26(7,8)29-23(28)30-27(9,10)20-13-17-22(18-14-20)32-34-25(4,5)6/h19-22H,11-18H2,1-10H3. The third-order valence-corrected chi connectivity index (χ3v) is 6.88. The number of hydrogen-bond acceptors (Lipinski definition) is 7. The molecule has 2 fully saturated rings. The number of hydrogen-bond donors (Lipinski definition) is 0. The first kappa shape index (κ1) is 29.3. The topological polar surface area (TPSA) is 72.5 Å². The van der Waals surface area contributed by atoms with Gasteiger partial charge in [0, 0.05) is 0 Å². The van der Waals surface area contributed by atoms with Crippen LogP contribution in [0.2, 0.25) is 0 Å². The van der Waals surface area contributed by atoms with Gasteiger partial charge in [-0.15, -0.1) is 0 Å². The molecule has 0 heterocycles. The minimum absolute atomic E-state index is 0.0880. The van der Waals surface area contributed by atoms with Crippen LogP contribution in [0.25, 0.3) is 0 Å². The van der Waals surface area contributed by atoms with Gasteiger partial charge in [0.2, 0.25) is 0 Å². The zero-order valence-electron chi connectivity index (χ0n) is 23.3. The molecule has 0 aromatic carbocycles. The number of rotatable bonds is 8. The van der Waals surface area contributed by atoms with E-state index in [0.717, 1.165) is 51.4 Å². The molecule has 200 valence electrons. The second kappa shape index (κ2) is 11.4. The maximum atomic E-state index is 12.8. The summed E-state index contributed by atoms with van der Waals surface area (Å²) in [7, 11) is 0. The molecule has 7 nitrogen and oxygen atoms in total. The van der Waals surface area contributed by atoms with Crippen molar-refractivity contribution >= 4 is 6.16 Å². The molecule has 2 rings (SSSR count). The van der Waals surface area contributed by atoms with Crippen LogP contribution >= 0.6 is 0 Å². The summed E-state index contributed by atoms with van der Waals surface area (Å²) in [4.78, 5) is 35.0. The predicted molar refractivity (Wildman–Crippen MR) is 131 cm³/mol. The van der Waals surface area contributed by atoms with Gasteiger partial charge in [0.25, 0.3) is 0 Å². The summed E-state index contributed by atoms with van der Waals surface area (Å²) in [6.45, 7) is 19.8. The number of carbonyl (C=O) groups excluding carboxylic acids is 1. The second-order valence-electron chi connectivity index (χ2n) is 13.2. The maximum absolute atomic E-state index is 12.8.